The molecular formula is C6H4BiNO2. The summed E-state index contributed by atoms with van der Waals surface area (Å²) in [5.74, 6) is 0. The monoisotopic (exact) mass is 331 g/mol. The Morgan fingerprint density at radius 1 is 1.30 bits per heavy atom. The predicted molar refractivity (Wildman–Crippen MR) is 38.5 cm³/mol. The second-order valence-electron chi connectivity index (χ2n) is 1.77. The predicted octanol–water partition coefficient (Wildman–Crippen LogP) is 0.389. The van der Waals surface area contributed by atoms with E-state index in [2.05, 4.69) is 0 Å². The molecule has 0 aliphatic heterocycles. The fourth-order valence-corrected chi connectivity index (χ4v) is 1.15. The van der Waals surface area contributed by atoms with Crippen LogP contribution in [0, 0.1) is 10.1 Å². The van der Waals surface area contributed by atoms with Crippen LogP contribution in [-0.4, -0.2) is 29.6 Å². The quantitative estimate of drug-likeness (QED) is 0.425. The van der Waals surface area contributed by atoms with Gasteiger partial charge in [-0.05, 0) is 0 Å². The molecule has 4 heteroatoms. The van der Waals surface area contributed by atoms with Crippen LogP contribution in [0.25, 0.3) is 0 Å². The van der Waals surface area contributed by atoms with Crippen LogP contribution in [0.2, 0.25) is 0 Å². The van der Waals surface area contributed by atoms with E-state index in [1.807, 2.05) is 0 Å². The standard InChI is InChI=1S/C6H4NO2.Bi/c8-7(9)6-4-2-1-3-5-6;/h2-5H;. The van der Waals surface area contributed by atoms with Crippen molar-refractivity contribution in [2.75, 3.05) is 0 Å². The summed E-state index contributed by atoms with van der Waals surface area (Å²) in [7, 11) is 0. The Balaban J connectivity index is 3.00. The third kappa shape index (κ3) is 1.74. The zero-order valence-electron chi connectivity index (χ0n) is 5.02. The topological polar surface area (TPSA) is 43.1 Å². The number of rotatable bonds is 1. The summed E-state index contributed by atoms with van der Waals surface area (Å²) in [5.41, 5.74) is 0.162. The molecule has 0 unspecified atom stereocenters. The van der Waals surface area contributed by atoms with Crippen molar-refractivity contribution in [2.45, 2.75) is 0 Å². The summed E-state index contributed by atoms with van der Waals surface area (Å²) >= 11 is 1.13. The fourth-order valence-electron chi connectivity index (χ4n) is 0.574. The van der Waals surface area contributed by atoms with E-state index in [4.69, 9.17) is 0 Å². The van der Waals surface area contributed by atoms with Crippen molar-refractivity contribution in [2.24, 2.45) is 0 Å². The Morgan fingerprint density at radius 2 is 1.80 bits per heavy atom. The molecule has 0 aliphatic rings. The summed E-state index contributed by atoms with van der Waals surface area (Å²) in [4.78, 5) is 9.74. The van der Waals surface area contributed by atoms with Crippen LogP contribution < -0.4 is 3.27 Å². The van der Waals surface area contributed by atoms with Crippen LogP contribution in [0.15, 0.2) is 24.3 Å². The number of nitro benzene ring substituents is 1. The minimum absolute atomic E-state index is 0.162. The van der Waals surface area contributed by atoms with Gasteiger partial charge in [-0.3, -0.25) is 0 Å². The van der Waals surface area contributed by atoms with E-state index in [1.165, 1.54) is 12.1 Å². The Bertz CT molecular complexity index is 244. The van der Waals surface area contributed by atoms with E-state index in [0.29, 0.717) is 0 Å². The Morgan fingerprint density at radius 3 is 2.20 bits per heavy atom. The van der Waals surface area contributed by atoms with Crippen molar-refractivity contribution < 1.29 is 4.92 Å². The molecule has 3 nitrogen and oxygen atoms in total. The summed E-state index contributed by atoms with van der Waals surface area (Å²) in [6.07, 6.45) is 0. The number of non-ortho nitro benzene ring substituents is 1. The first-order valence-corrected chi connectivity index (χ1v) is 4.37. The number of benzene rings is 1. The molecule has 0 aromatic heterocycles. The molecule has 50 valence electrons. The van der Waals surface area contributed by atoms with Crippen molar-refractivity contribution >= 4 is 33.7 Å². The molecule has 0 atom stereocenters. The van der Waals surface area contributed by atoms with Crippen molar-refractivity contribution in [3.8, 4) is 0 Å². The molecule has 1 rings (SSSR count). The van der Waals surface area contributed by atoms with Gasteiger partial charge in [-0.1, -0.05) is 0 Å². The van der Waals surface area contributed by atoms with Crippen LogP contribution in [0.3, 0.4) is 0 Å². The van der Waals surface area contributed by atoms with Crippen LogP contribution in [0.4, 0.5) is 5.69 Å². The number of nitro groups is 1. The van der Waals surface area contributed by atoms with Gasteiger partial charge < -0.3 is 0 Å². The average Bonchev–Trinajstić information content (AvgIpc) is 1.88. The van der Waals surface area contributed by atoms with Crippen LogP contribution in [0.1, 0.15) is 0 Å². The van der Waals surface area contributed by atoms with Crippen molar-refractivity contribution in [1.29, 1.82) is 0 Å². The molecule has 0 spiro atoms. The summed E-state index contributed by atoms with van der Waals surface area (Å²) < 4.78 is 1.14. The van der Waals surface area contributed by atoms with Gasteiger partial charge in [0.05, 0.1) is 0 Å². The molecule has 0 fully saturated rings. The van der Waals surface area contributed by atoms with Crippen LogP contribution in [-0.2, 0) is 0 Å². The zero-order chi connectivity index (χ0) is 7.56. The second-order valence-corrected chi connectivity index (χ2v) is 3.78. The van der Waals surface area contributed by atoms with Gasteiger partial charge in [0.2, 0.25) is 0 Å². The number of nitrogens with zero attached hydrogens (tertiary/aromatic N) is 1. The van der Waals surface area contributed by atoms with Gasteiger partial charge in [-0.15, -0.1) is 0 Å². The zero-order valence-corrected chi connectivity index (χ0v) is 8.50. The third-order valence-electron chi connectivity index (χ3n) is 1.06. The van der Waals surface area contributed by atoms with E-state index in [-0.39, 0.29) is 5.69 Å². The fraction of sp³-hybridized carbons (Fsp3) is 0. The first-order valence-electron chi connectivity index (χ1n) is 2.63. The summed E-state index contributed by atoms with van der Waals surface area (Å²) in [6.45, 7) is 0. The first-order chi connectivity index (χ1) is 4.70. The molecule has 1 aromatic rings. The Kier molecular flexibility index (Phi) is 2.33. The molecule has 0 heterocycles. The van der Waals surface area contributed by atoms with Gasteiger partial charge in [0.25, 0.3) is 0 Å². The van der Waals surface area contributed by atoms with E-state index < -0.39 is 4.92 Å². The van der Waals surface area contributed by atoms with E-state index in [9.17, 15) is 10.1 Å². The first kappa shape index (κ1) is 7.61. The van der Waals surface area contributed by atoms with Gasteiger partial charge in [0.1, 0.15) is 0 Å². The number of hydrogen-bond donors (Lipinski definition) is 0. The maximum atomic E-state index is 10.1. The Hall–Kier alpha value is -0.497. The van der Waals surface area contributed by atoms with Gasteiger partial charge in [-0.2, -0.15) is 0 Å². The van der Waals surface area contributed by atoms with E-state index in [0.717, 1.165) is 28.0 Å². The summed E-state index contributed by atoms with van der Waals surface area (Å²) in [5, 5.41) is 10.1. The van der Waals surface area contributed by atoms with Crippen LogP contribution in [0.5, 0.6) is 0 Å². The molecule has 0 N–H and O–H groups in total. The Labute approximate surface area is 73.1 Å². The molecule has 0 bridgehead atoms. The van der Waals surface area contributed by atoms with Gasteiger partial charge >= 0.3 is 73.0 Å². The molecule has 0 amide bonds. The third-order valence-corrected chi connectivity index (χ3v) is 2.22. The molecule has 0 saturated carbocycles. The van der Waals surface area contributed by atoms with Crippen LogP contribution >= 0.6 is 0 Å². The van der Waals surface area contributed by atoms with Gasteiger partial charge in [0, 0.05) is 0 Å². The van der Waals surface area contributed by atoms with E-state index >= 15 is 0 Å². The van der Waals surface area contributed by atoms with Crippen molar-refractivity contribution in [3.05, 3.63) is 34.4 Å². The molecule has 1 aromatic carbocycles. The molecule has 0 saturated heterocycles. The van der Waals surface area contributed by atoms with Gasteiger partial charge in [0.15, 0.2) is 0 Å². The average molecular weight is 331 g/mol. The van der Waals surface area contributed by atoms with E-state index in [1.54, 1.807) is 12.1 Å². The molecule has 0 aliphatic carbocycles. The molecule has 2 radical (unpaired) electrons. The second kappa shape index (κ2) is 3.06. The molecule has 10 heavy (non-hydrogen) atoms. The molecular weight excluding hydrogens is 327 g/mol. The number of hydrogen-bond acceptors (Lipinski definition) is 2. The van der Waals surface area contributed by atoms with Gasteiger partial charge in [-0.25, -0.2) is 0 Å². The normalized spacial score (nSPS) is 9.30. The van der Waals surface area contributed by atoms with Crippen molar-refractivity contribution in [1.82, 2.24) is 0 Å². The maximum absolute atomic E-state index is 10.1. The SMILES string of the molecule is O=[N+]([O-])c1cc[c]([Bi])cc1. The minimum atomic E-state index is -0.391. The summed E-state index contributed by atoms with van der Waals surface area (Å²) in [6, 6.07) is 6.59. The van der Waals surface area contributed by atoms with Crippen molar-refractivity contribution in [3.63, 3.8) is 0 Å².